The molecular formula is C23H26N10O4S. The second-order valence-corrected chi connectivity index (χ2v) is 11.8. The molecule has 0 unspecified atom stereocenters. The number of piperidine rings is 1. The van der Waals surface area contributed by atoms with Gasteiger partial charge in [0.1, 0.15) is 23.0 Å². The van der Waals surface area contributed by atoms with E-state index in [0.717, 1.165) is 19.1 Å². The Morgan fingerprint density at radius 1 is 1.18 bits per heavy atom. The van der Waals surface area contributed by atoms with Gasteiger partial charge in [-0.25, -0.2) is 13.4 Å². The zero-order valence-electron chi connectivity index (χ0n) is 20.8. The van der Waals surface area contributed by atoms with Crippen LogP contribution in [-0.4, -0.2) is 89.1 Å². The van der Waals surface area contributed by atoms with Crippen LogP contribution in [0.15, 0.2) is 29.4 Å². The molecule has 0 aromatic carbocycles. The van der Waals surface area contributed by atoms with Crippen molar-refractivity contribution in [3.8, 4) is 22.6 Å². The third-order valence-corrected chi connectivity index (χ3v) is 8.55. The lowest BCUT2D eigenvalue weighted by Gasteiger charge is -2.39. The Hall–Kier alpha value is -3.98. The Bertz CT molecular complexity index is 1650. The molecule has 0 aliphatic carbocycles. The van der Waals surface area contributed by atoms with Crippen molar-refractivity contribution in [1.82, 2.24) is 44.7 Å². The molecule has 3 N–H and O–H groups in total. The van der Waals surface area contributed by atoms with Gasteiger partial charge in [-0.2, -0.15) is 14.4 Å². The molecule has 0 spiro atoms. The third kappa shape index (κ3) is 3.89. The molecule has 2 aliphatic heterocycles. The lowest BCUT2D eigenvalue weighted by molar-refractivity contribution is -0.138. The molecule has 198 valence electrons. The summed E-state index contributed by atoms with van der Waals surface area (Å²) in [5.41, 5.74) is 9.13. The molecule has 6 heterocycles. The number of aromatic nitrogens is 8. The fourth-order valence-electron chi connectivity index (χ4n) is 5.84. The first-order chi connectivity index (χ1) is 18.2. The number of hydrogen-bond acceptors (Lipinski definition) is 11. The summed E-state index contributed by atoms with van der Waals surface area (Å²) in [5.74, 6) is -0.138. The topological polar surface area (TPSA) is 187 Å². The average Bonchev–Trinajstić information content (AvgIpc) is 3.58. The van der Waals surface area contributed by atoms with E-state index in [1.165, 1.54) is 9.31 Å². The monoisotopic (exact) mass is 538 g/mol. The van der Waals surface area contributed by atoms with Crippen LogP contribution in [0, 0.1) is 0 Å². The smallest absolute Gasteiger partial charge is 0.248 e. The van der Waals surface area contributed by atoms with Crippen LogP contribution < -0.4 is 5.73 Å². The number of nitrogens with zero attached hydrogens (tertiary/aromatic N) is 9. The van der Waals surface area contributed by atoms with Crippen molar-refractivity contribution in [3.63, 3.8) is 0 Å². The molecule has 1 amide bonds. The third-order valence-electron chi connectivity index (χ3n) is 7.39. The van der Waals surface area contributed by atoms with Crippen molar-refractivity contribution in [2.75, 3.05) is 18.6 Å². The number of carbonyl (C=O) groups excluding carboxylic acids is 1. The van der Waals surface area contributed by atoms with E-state index in [9.17, 15) is 18.3 Å². The molecule has 15 heteroatoms. The summed E-state index contributed by atoms with van der Waals surface area (Å²) in [6.45, 7) is -0.539. The number of fused-ring (bicyclic) bond motifs is 3. The number of nitrogen functional groups attached to an aromatic ring is 1. The van der Waals surface area contributed by atoms with Gasteiger partial charge in [0.15, 0.2) is 15.5 Å². The highest BCUT2D eigenvalue weighted by Crippen LogP contribution is 2.45. The second-order valence-electron chi connectivity index (χ2n) is 9.82. The summed E-state index contributed by atoms with van der Waals surface area (Å²) in [5, 5.41) is 25.7. The number of hydrogen-bond donors (Lipinski definition) is 2. The first-order valence-electron chi connectivity index (χ1n) is 12.2. The number of amides is 1. The van der Waals surface area contributed by atoms with Crippen molar-refractivity contribution in [2.24, 2.45) is 7.05 Å². The number of aliphatic hydroxyl groups excluding tert-OH is 1. The number of tetrazole rings is 1. The number of sulfone groups is 1. The zero-order chi connectivity index (χ0) is 26.8. The van der Waals surface area contributed by atoms with Gasteiger partial charge >= 0.3 is 0 Å². The van der Waals surface area contributed by atoms with E-state index in [0.29, 0.717) is 46.8 Å². The van der Waals surface area contributed by atoms with Gasteiger partial charge in [-0.3, -0.25) is 9.78 Å². The number of anilines is 1. The Morgan fingerprint density at radius 3 is 2.50 bits per heavy atom. The van der Waals surface area contributed by atoms with Crippen molar-refractivity contribution < 1.29 is 18.3 Å². The number of carbonyl (C=O) groups is 1. The van der Waals surface area contributed by atoms with Gasteiger partial charge in [0.05, 0.1) is 18.9 Å². The Kier molecular flexibility index (Phi) is 5.64. The van der Waals surface area contributed by atoms with E-state index in [1.54, 1.807) is 30.4 Å². The van der Waals surface area contributed by atoms with Crippen molar-refractivity contribution in [2.45, 2.75) is 48.6 Å². The summed E-state index contributed by atoms with van der Waals surface area (Å²) in [6.07, 6.45) is 7.02. The van der Waals surface area contributed by atoms with Gasteiger partial charge in [-0.15, -0.1) is 10.2 Å². The highest BCUT2D eigenvalue weighted by molar-refractivity contribution is 7.91. The zero-order valence-corrected chi connectivity index (χ0v) is 21.6. The number of nitrogens with two attached hydrogens (primary N) is 1. The van der Waals surface area contributed by atoms with Crippen LogP contribution in [0.3, 0.4) is 0 Å². The van der Waals surface area contributed by atoms with Gasteiger partial charge in [0.2, 0.25) is 11.7 Å². The number of aliphatic hydroxyl groups is 1. The van der Waals surface area contributed by atoms with Crippen molar-refractivity contribution in [1.29, 1.82) is 0 Å². The van der Waals surface area contributed by atoms with Crippen molar-refractivity contribution in [3.05, 3.63) is 30.2 Å². The predicted molar refractivity (Wildman–Crippen MR) is 134 cm³/mol. The summed E-state index contributed by atoms with van der Waals surface area (Å²) in [6, 6.07) is 3.43. The first-order valence-corrected chi connectivity index (χ1v) is 14.0. The molecule has 4 aromatic rings. The Balaban J connectivity index is 1.44. The van der Waals surface area contributed by atoms with Gasteiger partial charge in [-0.05, 0) is 37.0 Å². The van der Waals surface area contributed by atoms with Crippen LogP contribution in [-0.2, 0) is 21.7 Å². The van der Waals surface area contributed by atoms with Gasteiger partial charge in [-0.1, -0.05) is 6.07 Å². The number of pyridine rings is 1. The van der Waals surface area contributed by atoms with Crippen LogP contribution in [0.5, 0.6) is 0 Å². The molecule has 3 atom stereocenters. The largest absolute Gasteiger partial charge is 0.387 e. The van der Waals surface area contributed by atoms with E-state index >= 15 is 0 Å². The standard InChI is InChI=1S/C23H26N10O4S/c1-31-29-22(28-30-31)17-6-3-12(9-25-17)16-10-26-33-21(24)20(38(2,36)37)19(27-23(16)33)13-7-14-4-5-15(8-13)32(14)18(35)11-34/h3,6,9-10,13-15,34H,4-5,7-8,11,24H2,1-2H3/t13-,14+,15-. The van der Waals surface area contributed by atoms with E-state index in [1.807, 2.05) is 6.07 Å². The molecule has 6 rings (SSSR count). The minimum Gasteiger partial charge on any atom is -0.387 e. The molecule has 14 nitrogen and oxygen atoms in total. The minimum absolute atomic E-state index is 0.00620. The first kappa shape index (κ1) is 24.4. The molecule has 0 saturated carbocycles. The Labute approximate surface area is 217 Å². The molecule has 0 radical (unpaired) electrons. The van der Waals surface area contributed by atoms with E-state index in [-0.39, 0.29) is 34.6 Å². The fourth-order valence-corrected chi connectivity index (χ4v) is 6.90. The Morgan fingerprint density at radius 2 is 1.92 bits per heavy atom. The van der Waals surface area contributed by atoms with Gasteiger partial charge < -0.3 is 15.7 Å². The van der Waals surface area contributed by atoms with E-state index in [4.69, 9.17) is 10.7 Å². The predicted octanol–water partition coefficient (Wildman–Crippen LogP) is 0.197. The summed E-state index contributed by atoms with van der Waals surface area (Å²) >= 11 is 0. The lowest BCUT2D eigenvalue weighted by Crippen LogP contribution is -2.47. The fraction of sp³-hybridized carbons (Fsp3) is 0.435. The quantitative estimate of drug-likeness (QED) is 0.353. The maximum atomic E-state index is 12.9. The molecular weight excluding hydrogens is 512 g/mol. The normalized spacial score (nSPS) is 21.3. The molecule has 2 saturated heterocycles. The lowest BCUT2D eigenvalue weighted by atomic mass is 9.87. The summed E-state index contributed by atoms with van der Waals surface area (Å²) in [7, 11) is -2.08. The van der Waals surface area contributed by atoms with E-state index < -0.39 is 16.4 Å². The maximum absolute atomic E-state index is 12.9. The van der Waals surface area contributed by atoms with E-state index in [2.05, 4.69) is 25.5 Å². The highest BCUT2D eigenvalue weighted by Gasteiger charge is 2.45. The molecule has 2 fully saturated rings. The van der Waals surface area contributed by atoms with Gasteiger partial charge in [0.25, 0.3) is 0 Å². The molecule has 2 aliphatic rings. The summed E-state index contributed by atoms with van der Waals surface area (Å²) < 4.78 is 27.2. The summed E-state index contributed by atoms with van der Waals surface area (Å²) in [4.78, 5) is 24.7. The van der Waals surface area contributed by atoms with Gasteiger partial charge in [0, 0.05) is 41.6 Å². The van der Waals surface area contributed by atoms with Crippen LogP contribution in [0.1, 0.15) is 37.3 Å². The van der Waals surface area contributed by atoms with Crippen LogP contribution in [0.2, 0.25) is 0 Å². The van der Waals surface area contributed by atoms with Crippen LogP contribution >= 0.6 is 0 Å². The minimum atomic E-state index is -3.75. The highest BCUT2D eigenvalue weighted by atomic mass is 32.2. The maximum Gasteiger partial charge on any atom is 0.248 e. The number of rotatable bonds is 5. The molecule has 4 aromatic heterocycles. The number of aryl methyl sites for hydroxylation is 1. The second kappa shape index (κ2) is 8.80. The average molecular weight is 539 g/mol. The molecule has 38 heavy (non-hydrogen) atoms. The SMILES string of the molecule is Cn1nnc(-c2ccc(-c3cnn4c(N)c(S(C)(=O)=O)c([C@H]5C[C@H]6CC[C@@H](C5)N6C(=O)CO)nc34)cn2)n1. The van der Waals surface area contributed by atoms with Crippen molar-refractivity contribution >= 4 is 27.2 Å². The van der Waals surface area contributed by atoms with Crippen LogP contribution in [0.25, 0.3) is 28.3 Å². The molecule has 2 bridgehead atoms. The van der Waals surface area contributed by atoms with Crippen LogP contribution in [0.4, 0.5) is 5.82 Å².